The quantitative estimate of drug-likeness (QED) is 0.698. The van der Waals surface area contributed by atoms with E-state index >= 15 is 0 Å². The van der Waals surface area contributed by atoms with E-state index in [1.807, 2.05) is 43.3 Å². The number of halogens is 1. The first-order chi connectivity index (χ1) is 11.2. The van der Waals surface area contributed by atoms with Crippen LogP contribution in [0.25, 0.3) is 11.4 Å². The molecule has 1 aromatic heterocycles. The van der Waals surface area contributed by atoms with Crippen LogP contribution in [0, 0.1) is 6.92 Å². The lowest BCUT2D eigenvalue weighted by atomic mass is 10.2. The molecule has 2 aromatic carbocycles. The fourth-order valence-corrected chi connectivity index (χ4v) is 2.33. The number of rotatable bonds is 5. The van der Waals surface area contributed by atoms with Crippen LogP contribution in [-0.4, -0.2) is 17.3 Å². The minimum atomic E-state index is 0.194. The van der Waals surface area contributed by atoms with Crippen molar-refractivity contribution in [3.63, 3.8) is 0 Å². The topological polar surface area (TPSA) is 57.4 Å². The molecule has 5 nitrogen and oxygen atoms in total. The second kappa shape index (κ2) is 6.71. The van der Waals surface area contributed by atoms with Crippen LogP contribution in [0.1, 0.15) is 11.5 Å². The molecule has 0 fully saturated rings. The van der Waals surface area contributed by atoms with Crippen LogP contribution in [0.5, 0.6) is 11.5 Å². The van der Waals surface area contributed by atoms with Gasteiger partial charge in [-0.05, 0) is 42.8 Å². The highest BCUT2D eigenvalue weighted by molar-refractivity contribution is 6.30. The Labute approximate surface area is 138 Å². The van der Waals surface area contributed by atoms with Crippen LogP contribution in [-0.2, 0) is 6.61 Å². The zero-order valence-corrected chi connectivity index (χ0v) is 13.5. The van der Waals surface area contributed by atoms with E-state index in [2.05, 4.69) is 10.1 Å². The van der Waals surface area contributed by atoms with E-state index < -0.39 is 0 Å². The van der Waals surface area contributed by atoms with Gasteiger partial charge in [0.1, 0.15) is 11.5 Å². The first kappa shape index (κ1) is 15.4. The second-order valence-electron chi connectivity index (χ2n) is 4.94. The van der Waals surface area contributed by atoms with Gasteiger partial charge >= 0.3 is 0 Å². The Balaban J connectivity index is 1.72. The van der Waals surface area contributed by atoms with Gasteiger partial charge in [-0.3, -0.25) is 0 Å². The smallest absolute Gasteiger partial charge is 0.264 e. The Morgan fingerprint density at radius 2 is 2.04 bits per heavy atom. The largest absolute Gasteiger partial charge is 0.497 e. The monoisotopic (exact) mass is 330 g/mol. The van der Waals surface area contributed by atoms with Gasteiger partial charge in [-0.1, -0.05) is 28.9 Å². The molecule has 0 atom stereocenters. The third-order valence-electron chi connectivity index (χ3n) is 3.28. The van der Waals surface area contributed by atoms with Crippen molar-refractivity contribution < 1.29 is 14.0 Å². The molecular weight excluding hydrogens is 316 g/mol. The molecule has 0 N–H and O–H groups in total. The number of aromatic nitrogens is 2. The van der Waals surface area contributed by atoms with Gasteiger partial charge in [0.15, 0.2) is 6.61 Å². The average molecular weight is 331 g/mol. The van der Waals surface area contributed by atoms with E-state index in [0.29, 0.717) is 16.7 Å². The lowest BCUT2D eigenvalue weighted by Gasteiger charge is -2.06. The predicted octanol–water partition coefficient (Wildman–Crippen LogP) is 4.29. The Bertz CT molecular complexity index is 817. The van der Waals surface area contributed by atoms with Crippen molar-refractivity contribution in [3.8, 4) is 22.9 Å². The Kier molecular flexibility index (Phi) is 4.48. The van der Waals surface area contributed by atoms with Crippen molar-refractivity contribution in [2.75, 3.05) is 7.11 Å². The van der Waals surface area contributed by atoms with E-state index in [9.17, 15) is 0 Å². The molecule has 1 heterocycles. The van der Waals surface area contributed by atoms with E-state index in [4.69, 9.17) is 25.6 Å². The molecule has 0 aliphatic carbocycles. The van der Waals surface area contributed by atoms with Crippen LogP contribution in [0.2, 0.25) is 5.02 Å². The summed E-state index contributed by atoms with van der Waals surface area (Å²) in [7, 11) is 1.61. The molecule has 6 heteroatoms. The first-order valence-corrected chi connectivity index (χ1v) is 7.39. The summed E-state index contributed by atoms with van der Waals surface area (Å²) in [5, 5.41) is 4.64. The minimum absolute atomic E-state index is 0.194. The summed E-state index contributed by atoms with van der Waals surface area (Å²) in [6.07, 6.45) is 0. The Hall–Kier alpha value is -2.53. The minimum Gasteiger partial charge on any atom is -0.497 e. The van der Waals surface area contributed by atoms with Gasteiger partial charge in [-0.15, -0.1) is 0 Å². The number of hydrogen-bond donors (Lipinski definition) is 0. The van der Waals surface area contributed by atoms with Gasteiger partial charge in [-0.25, -0.2) is 0 Å². The molecule has 0 aliphatic heterocycles. The fourth-order valence-electron chi connectivity index (χ4n) is 2.11. The number of ether oxygens (including phenoxy) is 2. The highest BCUT2D eigenvalue weighted by Crippen LogP contribution is 2.24. The average Bonchev–Trinajstić information content (AvgIpc) is 3.03. The number of aryl methyl sites for hydroxylation is 1. The van der Waals surface area contributed by atoms with Crippen LogP contribution >= 0.6 is 11.6 Å². The molecule has 3 rings (SSSR count). The fraction of sp³-hybridized carbons (Fsp3) is 0.176. The van der Waals surface area contributed by atoms with E-state index in [0.717, 1.165) is 22.6 Å². The van der Waals surface area contributed by atoms with Crippen molar-refractivity contribution in [3.05, 3.63) is 58.9 Å². The molecule has 0 unspecified atom stereocenters. The maximum absolute atomic E-state index is 5.92. The summed E-state index contributed by atoms with van der Waals surface area (Å²) in [5.74, 6) is 2.37. The van der Waals surface area contributed by atoms with Gasteiger partial charge in [0, 0.05) is 10.6 Å². The molecule has 0 radical (unpaired) electrons. The Morgan fingerprint density at radius 1 is 1.17 bits per heavy atom. The maximum atomic E-state index is 5.92. The molecule has 3 aromatic rings. The molecule has 118 valence electrons. The Morgan fingerprint density at radius 3 is 2.83 bits per heavy atom. The summed E-state index contributed by atoms with van der Waals surface area (Å²) < 4.78 is 16.1. The van der Waals surface area contributed by atoms with Gasteiger partial charge < -0.3 is 14.0 Å². The van der Waals surface area contributed by atoms with Crippen molar-refractivity contribution in [1.29, 1.82) is 0 Å². The normalized spacial score (nSPS) is 10.6. The number of methoxy groups -OCH3 is 1. The van der Waals surface area contributed by atoms with Crippen LogP contribution in [0.4, 0.5) is 0 Å². The summed E-state index contributed by atoms with van der Waals surface area (Å²) in [6, 6.07) is 12.9. The lowest BCUT2D eigenvalue weighted by Crippen LogP contribution is -1.97. The highest BCUT2D eigenvalue weighted by Gasteiger charge is 2.10. The van der Waals surface area contributed by atoms with Crippen LogP contribution < -0.4 is 9.47 Å². The molecular formula is C17H15ClN2O3. The van der Waals surface area contributed by atoms with E-state index in [1.54, 1.807) is 13.2 Å². The molecule has 23 heavy (non-hydrogen) atoms. The lowest BCUT2D eigenvalue weighted by molar-refractivity contribution is 0.242. The molecule has 0 aliphatic rings. The predicted molar refractivity (Wildman–Crippen MR) is 86.8 cm³/mol. The van der Waals surface area contributed by atoms with Crippen molar-refractivity contribution in [2.45, 2.75) is 13.5 Å². The van der Waals surface area contributed by atoms with Crippen molar-refractivity contribution in [1.82, 2.24) is 10.1 Å². The van der Waals surface area contributed by atoms with Crippen LogP contribution in [0.15, 0.2) is 47.0 Å². The number of nitrogens with zero attached hydrogens (tertiary/aromatic N) is 2. The van der Waals surface area contributed by atoms with Crippen molar-refractivity contribution in [2.24, 2.45) is 0 Å². The van der Waals surface area contributed by atoms with Gasteiger partial charge in [0.05, 0.1) is 7.11 Å². The standard InChI is InChI=1S/C17H15ClN2O3/c1-11-8-13(18)6-7-15(11)22-10-16-19-17(20-23-16)12-4-3-5-14(9-12)21-2/h3-9H,10H2,1-2H3. The van der Waals surface area contributed by atoms with Gasteiger partial charge in [-0.2, -0.15) is 4.98 Å². The highest BCUT2D eigenvalue weighted by atomic mass is 35.5. The molecule has 0 spiro atoms. The molecule has 0 amide bonds. The summed E-state index contributed by atoms with van der Waals surface area (Å²) in [4.78, 5) is 4.33. The summed E-state index contributed by atoms with van der Waals surface area (Å²) in [6.45, 7) is 2.12. The SMILES string of the molecule is COc1cccc(-c2noc(COc3ccc(Cl)cc3C)n2)c1. The van der Waals surface area contributed by atoms with E-state index in [-0.39, 0.29) is 6.61 Å². The van der Waals surface area contributed by atoms with Gasteiger partial charge in [0.2, 0.25) is 5.82 Å². The number of hydrogen-bond acceptors (Lipinski definition) is 5. The van der Waals surface area contributed by atoms with Crippen LogP contribution in [0.3, 0.4) is 0 Å². The zero-order valence-electron chi connectivity index (χ0n) is 12.7. The third-order valence-corrected chi connectivity index (χ3v) is 3.52. The second-order valence-corrected chi connectivity index (χ2v) is 5.38. The molecule has 0 bridgehead atoms. The molecule has 0 saturated carbocycles. The van der Waals surface area contributed by atoms with Crippen molar-refractivity contribution >= 4 is 11.6 Å². The molecule has 0 saturated heterocycles. The zero-order chi connectivity index (χ0) is 16.2. The third kappa shape index (κ3) is 3.63. The maximum Gasteiger partial charge on any atom is 0.264 e. The van der Waals surface area contributed by atoms with E-state index in [1.165, 1.54) is 0 Å². The summed E-state index contributed by atoms with van der Waals surface area (Å²) in [5.41, 5.74) is 1.77. The number of benzene rings is 2. The first-order valence-electron chi connectivity index (χ1n) is 7.01. The van der Waals surface area contributed by atoms with Gasteiger partial charge in [0.25, 0.3) is 5.89 Å². The summed E-state index contributed by atoms with van der Waals surface area (Å²) >= 11 is 5.92.